The first-order chi connectivity index (χ1) is 8.94. The molecule has 4 nitrogen and oxygen atoms in total. The second kappa shape index (κ2) is 6.70. The molecule has 0 radical (unpaired) electrons. The molecular formula is C14H21NO3S. The first-order valence-electron chi connectivity index (χ1n) is 6.54. The van der Waals surface area contributed by atoms with Gasteiger partial charge in [0.15, 0.2) is 9.84 Å². The lowest BCUT2D eigenvalue weighted by atomic mass is 10.1. The van der Waals surface area contributed by atoms with E-state index in [9.17, 15) is 13.2 Å². The molecule has 0 saturated carbocycles. The summed E-state index contributed by atoms with van der Waals surface area (Å²) in [5.41, 5.74) is 0.840. The van der Waals surface area contributed by atoms with Gasteiger partial charge in [0.1, 0.15) is 0 Å². The molecule has 0 heterocycles. The van der Waals surface area contributed by atoms with Crippen LogP contribution in [0.3, 0.4) is 0 Å². The van der Waals surface area contributed by atoms with Gasteiger partial charge in [-0.05, 0) is 31.5 Å². The average molecular weight is 283 g/mol. The van der Waals surface area contributed by atoms with Gasteiger partial charge in [-0.3, -0.25) is 4.79 Å². The van der Waals surface area contributed by atoms with Crippen LogP contribution in [0.4, 0.5) is 0 Å². The predicted octanol–water partition coefficient (Wildman–Crippen LogP) is 1.89. The summed E-state index contributed by atoms with van der Waals surface area (Å²) in [6.45, 7) is 6.89. The van der Waals surface area contributed by atoms with Crippen molar-refractivity contribution in [3.8, 4) is 0 Å². The van der Waals surface area contributed by atoms with Crippen LogP contribution < -0.4 is 0 Å². The van der Waals surface area contributed by atoms with E-state index < -0.39 is 9.84 Å². The lowest BCUT2D eigenvalue weighted by Crippen LogP contribution is -2.31. The molecule has 0 saturated heterocycles. The van der Waals surface area contributed by atoms with Gasteiger partial charge in [-0.15, -0.1) is 0 Å². The van der Waals surface area contributed by atoms with Gasteiger partial charge in [0.2, 0.25) is 5.91 Å². The average Bonchev–Trinajstić information content (AvgIpc) is 2.40. The third-order valence-electron chi connectivity index (χ3n) is 3.13. The van der Waals surface area contributed by atoms with Crippen molar-refractivity contribution in [1.82, 2.24) is 4.90 Å². The smallest absolute Gasteiger partial charge is 0.226 e. The molecule has 0 bridgehead atoms. The zero-order chi connectivity index (χ0) is 14.5. The van der Waals surface area contributed by atoms with E-state index in [-0.39, 0.29) is 11.7 Å². The molecule has 0 aliphatic rings. The van der Waals surface area contributed by atoms with Crippen LogP contribution in [-0.2, 0) is 21.1 Å². The number of hydrogen-bond acceptors (Lipinski definition) is 3. The highest BCUT2D eigenvalue weighted by Crippen LogP contribution is 2.13. The van der Waals surface area contributed by atoms with Gasteiger partial charge in [-0.2, -0.15) is 0 Å². The second-order valence-corrected chi connectivity index (χ2v) is 6.57. The molecule has 5 heteroatoms. The van der Waals surface area contributed by atoms with Crippen molar-refractivity contribution < 1.29 is 13.2 Å². The van der Waals surface area contributed by atoms with Crippen LogP contribution in [0, 0.1) is 0 Å². The molecule has 1 rings (SSSR count). The lowest BCUT2D eigenvalue weighted by molar-refractivity contribution is -0.130. The fraction of sp³-hybridized carbons (Fsp3) is 0.500. The Morgan fingerprint density at radius 1 is 1.05 bits per heavy atom. The quantitative estimate of drug-likeness (QED) is 0.801. The molecule has 0 spiro atoms. The van der Waals surface area contributed by atoms with Crippen LogP contribution in [0.5, 0.6) is 0 Å². The monoisotopic (exact) mass is 283 g/mol. The number of carbonyl (C=O) groups is 1. The van der Waals surface area contributed by atoms with Crippen LogP contribution in [0.25, 0.3) is 0 Å². The number of hydrogen-bond donors (Lipinski definition) is 0. The van der Waals surface area contributed by atoms with Crippen molar-refractivity contribution in [3.63, 3.8) is 0 Å². The second-order valence-electron chi connectivity index (χ2n) is 4.29. The minimum Gasteiger partial charge on any atom is -0.343 e. The number of nitrogens with zero attached hydrogens (tertiary/aromatic N) is 1. The van der Waals surface area contributed by atoms with E-state index in [1.54, 1.807) is 36.1 Å². The Morgan fingerprint density at radius 3 is 2.00 bits per heavy atom. The van der Waals surface area contributed by atoms with Crippen molar-refractivity contribution >= 4 is 15.7 Å². The van der Waals surface area contributed by atoms with E-state index in [1.165, 1.54) is 0 Å². The van der Waals surface area contributed by atoms with Crippen LogP contribution in [0.2, 0.25) is 0 Å². The lowest BCUT2D eigenvalue weighted by Gasteiger charge is -2.18. The van der Waals surface area contributed by atoms with E-state index in [2.05, 4.69) is 0 Å². The Hall–Kier alpha value is -1.36. The fourth-order valence-electron chi connectivity index (χ4n) is 1.84. The van der Waals surface area contributed by atoms with E-state index in [0.717, 1.165) is 5.56 Å². The number of sulfone groups is 1. The van der Waals surface area contributed by atoms with Gasteiger partial charge in [0.25, 0.3) is 0 Å². The van der Waals surface area contributed by atoms with Gasteiger partial charge >= 0.3 is 0 Å². The number of amides is 1. The van der Waals surface area contributed by atoms with Crippen molar-refractivity contribution in [2.24, 2.45) is 0 Å². The SMILES string of the molecule is CCN(CC)C(=O)Cc1ccc(S(=O)(=O)CC)cc1. The van der Waals surface area contributed by atoms with Crippen LogP contribution in [-0.4, -0.2) is 38.1 Å². The van der Waals surface area contributed by atoms with Gasteiger partial charge in [0, 0.05) is 13.1 Å². The summed E-state index contributed by atoms with van der Waals surface area (Å²) in [6.07, 6.45) is 0.314. The molecular weight excluding hydrogens is 262 g/mol. The topological polar surface area (TPSA) is 54.5 Å². The molecule has 106 valence electrons. The highest BCUT2D eigenvalue weighted by Gasteiger charge is 2.13. The van der Waals surface area contributed by atoms with Gasteiger partial charge in [-0.1, -0.05) is 19.1 Å². The molecule has 0 aliphatic heterocycles. The summed E-state index contributed by atoms with van der Waals surface area (Å²) in [5.74, 6) is 0.154. The Morgan fingerprint density at radius 2 is 1.58 bits per heavy atom. The number of benzene rings is 1. The number of rotatable bonds is 6. The Labute approximate surface area is 115 Å². The van der Waals surface area contributed by atoms with Crippen LogP contribution in [0.1, 0.15) is 26.3 Å². The van der Waals surface area contributed by atoms with Crippen molar-refractivity contribution in [1.29, 1.82) is 0 Å². The van der Waals surface area contributed by atoms with Gasteiger partial charge in [0.05, 0.1) is 17.1 Å². The molecule has 0 aliphatic carbocycles. The summed E-state index contributed by atoms with van der Waals surface area (Å²) in [4.78, 5) is 14.0. The van der Waals surface area contributed by atoms with E-state index in [1.807, 2.05) is 13.8 Å². The summed E-state index contributed by atoms with van der Waals surface area (Å²) in [6, 6.07) is 6.57. The number of likely N-dealkylation sites (N-methyl/N-ethyl adjacent to an activating group) is 1. The highest BCUT2D eigenvalue weighted by atomic mass is 32.2. The molecule has 1 aromatic rings. The number of carbonyl (C=O) groups excluding carboxylic acids is 1. The Balaban J connectivity index is 2.81. The van der Waals surface area contributed by atoms with E-state index in [0.29, 0.717) is 24.4 Å². The molecule has 0 atom stereocenters. The van der Waals surface area contributed by atoms with Crippen molar-refractivity contribution in [2.75, 3.05) is 18.8 Å². The molecule has 0 fully saturated rings. The zero-order valence-electron chi connectivity index (χ0n) is 11.7. The minimum atomic E-state index is -3.16. The fourth-order valence-corrected chi connectivity index (χ4v) is 2.73. The third kappa shape index (κ3) is 4.06. The van der Waals surface area contributed by atoms with E-state index in [4.69, 9.17) is 0 Å². The van der Waals surface area contributed by atoms with Crippen molar-refractivity contribution in [3.05, 3.63) is 29.8 Å². The molecule has 1 aromatic carbocycles. The normalized spacial score (nSPS) is 11.3. The maximum atomic E-state index is 11.9. The molecule has 0 aromatic heterocycles. The maximum Gasteiger partial charge on any atom is 0.226 e. The predicted molar refractivity (Wildman–Crippen MR) is 75.8 cm³/mol. The van der Waals surface area contributed by atoms with Crippen LogP contribution in [0.15, 0.2) is 29.2 Å². The Kier molecular flexibility index (Phi) is 5.54. The summed E-state index contributed by atoms with van der Waals surface area (Å²) in [7, 11) is -3.16. The first kappa shape index (κ1) is 15.7. The van der Waals surface area contributed by atoms with Crippen molar-refractivity contribution in [2.45, 2.75) is 32.1 Å². The van der Waals surface area contributed by atoms with E-state index >= 15 is 0 Å². The summed E-state index contributed by atoms with van der Waals surface area (Å²) < 4.78 is 23.3. The zero-order valence-corrected chi connectivity index (χ0v) is 12.5. The van der Waals surface area contributed by atoms with Gasteiger partial charge < -0.3 is 4.90 Å². The summed E-state index contributed by atoms with van der Waals surface area (Å²) >= 11 is 0. The maximum absolute atomic E-state index is 11.9. The minimum absolute atomic E-state index is 0.0658. The third-order valence-corrected chi connectivity index (χ3v) is 4.88. The van der Waals surface area contributed by atoms with Gasteiger partial charge in [-0.25, -0.2) is 8.42 Å². The van der Waals surface area contributed by atoms with Crippen LogP contribution >= 0.6 is 0 Å². The first-order valence-corrected chi connectivity index (χ1v) is 8.19. The Bertz CT molecular complexity index is 516. The largest absolute Gasteiger partial charge is 0.343 e. The molecule has 19 heavy (non-hydrogen) atoms. The summed E-state index contributed by atoms with van der Waals surface area (Å²) in [5, 5.41) is 0. The molecule has 0 N–H and O–H groups in total. The molecule has 1 amide bonds. The standard InChI is InChI=1S/C14H21NO3S/c1-4-15(5-2)14(16)11-12-7-9-13(10-8-12)19(17,18)6-3/h7-10H,4-6,11H2,1-3H3. The molecule has 0 unspecified atom stereocenters. The highest BCUT2D eigenvalue weighted by molar-refractivity contribution is 7.91.